The summed E-state index contributed by atoms with van der Waals surface area (Å²) < 4.78 is 23.0. The van der Waals surface area contributed by atoms with E-state index >= 15 is 0 Å². The second-order valence-corrected chi connectivity index (χ2v) is 3.28. The first-order valence-electron chi connectivity index (χ1n) is 4.77. The molecule has 0 fully saturated rings. The summed E-state index contributed by atoms with van der Waals surface area (Å²) in [6.45, 7) is 2.62. The fourth-order valence-corrected chi connectivity index (χ4v) is 1.11. The average Bonchev–Trinajstić information content (AvgIpc) is 2.27. The zero-order valence-corrected chi connectivity index (χ0v) is 9.21. The molecular formula is C11H16FNO2. The van der Waals surface area contributed by atoms with Gasteiger partial charge in [0.2, 0.25) is 0 Å². The summed E-state index contributed by atoms with van der Waals surface area (Å²) in [7, 11) is 3.09. The molecule has 0 amide bonds. The first kappa shape index (κ1) is 11.8. The van der Waals surface area contributed by atoms with Gasteiger partial charge < -0.3 is 14.8 Å². The number of anilines is 1. The summed E-state index contributed by atoms with van der Waals surface area (Å²) in [5.41, 5.74) is 0.817. The Bertz CT molecular complexity index is 317. The Hall–Kier alpha value is -1.29. The zero-order chi connectivity index (χ0) is 11.3. The van der Waals surface area contributed by atoms with Crippen molar-refractivity contribution in [3.63, 3.8) is 0 Å². The van der Waals surface area contributed by atoms with Crippen LogP contribution in [-0.2, 0) is 4.74 Å². The number of ether oxygens (including phenoxy) is 2. The first-order chi connectivity index (χ1) is 7.17. The third kappa shape index (κ3) is 3.40. The highest BCUT2D eigenvalue weighted by molar-refractivity contribution is 5.48. The van der Waals surface area contributed by atoms with Gasteiger partial charge in [0.1, 0.15) is 0 Å². The lowest BCUT2D eigenvalue weighted by Gasteiger charge is -2.12. The smallest absolute Gasteiger partial charge is 0.165 e. The Morgan fingerprint density at radius 1 is 1.40 bits per heavy atom. The lowest BCUT2D eigenvalue weighted by molar-refractivity contribution is 0.129. The van der Waals surface area contributed by atoms with Crippen LogP contribution in [-0.4, -0.2) is 26.9 Å². The summed E-state index contributed by atoms with van der Waals surface area (Å²) in [6, 6.07) is 4.66. The molecule has 1 N–H and O–H groups in total. The summed E-state index contributed by atoms with van der Waals surface area (Å²) in [6.07, 6.45) is 0.112. The van der Waals surface area contributed by atoms with Gasteiger partial charge in [-0.25, -0.2) is 4.39 Å². The molecule has 0 aliphatic rings. The van der Waals surface area contributed by atoms with Crippen molar-refractivity contribution in [1.82, 2.24) is 0 Å². The fraction of sp³-hybridized carbons (Fsp3) is 0.455. The second-order valence-electron chi connectivity index (χ2n) is 3.28. The minimum atomic E-state index is -0.358. The average molecular weight is 213 g/mol. The van der Waals surface area contributed by atoms with Crippen LogP contribution in [0.25, 0.3) is 0 Å². The summed E-state index contributed by atoms with van der Waals surface area (Å²) in [4.78, 5) is 0. The van der Waals surface area contributed by atoms with Crippen LogP contribution in [0.1, 0.15) is 6.92 Å². The molecule has 1 aromatic rings. The van der Waals surface area contributed by atoms with Gasteiger partial charge in [0.15, 0.2) is 11.6 Å². The van der Waals surface area contributed by atoms with Crippen molar-refractivity contribution in [3.8, 4) is 5.75 Å². The van der Waals surface area contributed by atoms with Crippen molar-refractivity contribution in [2.45, 2.75) is 13.0 Å². The van der Waals surface area contributed by atoms with E-state index in [1.807, 2.05) is 6.92 Å². The van der Waals surface area contributed by atoms with Gasteiger partial charge in [0.25, 0.3) is 0 Å². The molecule has 3 nitrogen and oxygen atoms in total. The Morgan fingerprint density at radius 2 is 2.13 bits per heavy atom. The van der Waals surface area contributed by atoms with Gasteiger partial charge in [0.05, 0.1) is 13.2 Å². The standard InChI is InChI=1S/C11H16FNO2/c1-8(14-2)7-13-9-4-5-10(12)11(6-9)15-3/h4-6,8,13H,7H2,1-3H3. The Morgan fingerprint density at radius 3 is 2.73 bits per heavy atom. The molecule has 0 aliphatic heterocycles. The summed E-state index contributed by atoms with van der Waals surface area (Å²) in [5, 5.41) is 3.13. The van der Waals surface area contributed by atoms with Crippen LogP contribution in [0.4, 0.5) is 10.1 Å². The van der Waals surface area contributed by atoms with E-state index in [1.165, 1.54) is 13.2 Å². The maximum absolute atomic E-state index is 13.1. The predicted octanol–water partition coefficient (Wildman–Crippen LogP) is 2.28. The number of hydrogen-bond acceptors (Lipinski definition) is 3. The van der Waals surface area contributed by atoms with Crippen molar-refractivity contribution in [1.29, 1.82) is 0 Å². The van der Waals surface area contributed by atoms with E-state index in [0.717, 1.165) is 5.69 Å². The monoisotopic (exact) mass is 213 g/mol. The van der Waals surface area contributed by atoms with Gasteiger partial charge in [-0.2, -0.15) is 0 Å². The van der Waals surface area contributed by atoms with Crippen molar-refractivity contribution < 1.29 is 13.9 Å². The van der Waals surface area contributed by atoms with E-state index in [-0.39, 0.29) is 17.7 Å². The molecule has 15 heavy (non-hydrogen) atoms. The molecular weight excluding hydrogens is 197 g/mol. The van der Waals surface area contributed by atoms with Gasteiger partial charge >= 0.3 is 0 Å². The van der Waals surface area contributed by atoms with Gasteiger partial charge in [-0.3, -0.25) is 0 Å². The molecule has 4 heteroatoms. The van der Waals surface area contributed by atoms with Crippen molar-refractivity contribution in [2.24, 2.45) is 0 Å². The van der Waals surface area contributed by atoms with Crippen molar-refractivity contribution >= 4 is 5.69 Å². The van der Waals surface area contributed by atoms with Crippen LogP contribution in [0.2, 0.25) is 0 Å². The first-order valence-corrected chi connectivity index (χ1v) is 4.77. The number of benzene rings is 1. The minimum absolute atomic E-state index is 0.112. The molecule has 1 rings (SSSR count). The van der Waals surface area contributed by atoms with Gasteiger partial charge in [-0.15, -0.1) is 0 Å². The van der Waals surface area contributed by atoms with Crippen LogP contribution in [0, 0.1) is 5.82 Å². The van der Waals surface area contributed by atoms with Crippen LogP contribution < -0.4 is 10.1 Å². The molecule has 0 saturated carbocycles. The lowest BCUT2D eigenvalue weighted by Crippen LogP contribution is -2.18. The Kier molecular flexibility index (Phi) is 4.37. The topological polar surface area (TPSA) is 30.5 Å². The molecule has 0 aliphatic carbocycles. The zero-order valence-electron chi connectivity index (χ0n) is 9.21. The number of rotatable bonds is 5. The molecule has 0 radical (unpaired) electrons. The van der Waals surface area contributed by atoms with E-state index in [1.54, 1.807) is 19.2 Å². The van der Waals surface area contributed by atoms with E-state index in [0.29, 0.717) is 6.54 Å². The SMILES string of the molecule is COc1cc(NCC(C)OC)ccc1F. The maximum atomic E-state index is 13.1. The molecule has 0 bridgehead atoms. The Balaban J connectivity index is 2.62. The Labute approximate surface area is 89.2 Å². The molecule has 84 valence electrons. The van der Waals surface area contributed by atoms with Crippen LogP contribution in [0.5, 0.6) is 5.75 Å². The number of hydrogen-bond donors (Lipinski definition) is 1. The van der Waals surface area contributed by atoms with Crippen LogP contribution >= 0.6 is 0 Å². The van der Waals surface area contributed by atoms with Crippen molar-refractivity contribution in [2.75, 3.05) is 26.1 Å². The summed E-state index contributed by atoms with van der Waals surface area (Å²) in [5.74, 6) is -0.118. The van der Waals surface area contributed by atoms with Crippen molar-refractivity contribution in [3.05, 3.63) is 24.0 Å². The highest BCUT2D eigenvalue weighted by atomic mass is 19.1. The molecule has 1 unspecified atom stereocenters. The number of methoxy groups -OCH3 is 2. The molecule has 1 atom stereocenters. The predicted molar refractivity (Wildman–Crippen MR) is 57.9 cm³/mol. The quantitative estimate of drug-likeness (QED) is 0.814. The van der Waals surface area contributed by atoms with Gasteiger partial charge in [-0.05, 0) is 19.1 Å². The molecule has 1 aromatic carbocycles. The van der Waals surface area contributed by atoms with Crippen LogP contribution in [0.15, 0.2) is 18.2 Å². The normalized spacial score (nSPS) is 12.3. The van der Waals surface area contributed by atoms with E-state index in [4.69, 9.17) is 9.47 Å². The maximum Gasteiger partial charge on any atom is 0.165 e. The molecule has 0 heterocycles. The third-order valence-electron chi connectivity index (χ3n) is 2.15. The van der Waals surface area contributed by atoms with E-state index in [2.05, 4.69) is 5.32 Å². The third-order valence-corrected chi connectivity index (χ3v) is 2.15. The molecule has 0 saturated heterocycles. The van der Waals surface area contributed by atoms with E-state index < -0.39 is 0 Å². The number of halogens is 1. The summed E-state index contributed by atoms with van der Waals surface area (Å²) >= 11 is 0. The fourth-order valence-electron chi connectivity index (χ4n) is 1.11. The minimum Gasteiger partial charge on any atom is -0.494 e. The molecule has 0 aromatic heterocycles. The largest absolute Gasteiger partial charge is 0.494 e. The number of nitrogens with one attached hydrogen (secondary N) is 1. The highest BCUT2D eigenvalue weighted by Gasteiger charge is 2.04. The lowest BCUT2D eigenvalue weighted by atomic mass is 10.2. The van der Waals surface area contributed by atoms with Gasteiger partial charge in [0, 0.05) is 25.4 Å². The van der Waals surface area contributed by atoms with Gasteiger partial charge in [-0.1, -0.05) is 0 Å². The second kappa shape index (κ2) is 5.56. The van der Waals surface area contributed by atoms with Crippen LogP contribution in [0.3, 0.4) is 0 Å². The molecule has 0 spiro atoms. The highest BCUT2D eigenvalue weighted by Crippen LogP contribution is 2.21. The van der Waals surface area contributed by atoms with E-state index in [9.17, 15) is 4.39 Å².